The number of benzene rings is 3. The normalized spacial score (nSPS) is 14.1. The summed E-state index contributed by atoms with van der Waals surface area (Å²) in [6.07, 6.45) is 1.14. The van der Waals surface area contributed by atoms with Gasteiger partial charge in [0.15, 0.2) is 0 Å². The maximum Gasteiger partial charge on any atom is 0.312 e. The molecule has 0 bridgehead atoms. The van der Waals surface area contributed by atoms with Gasteiger partial charge in [-0.25, -0.2) is 0 Å². The average Bonchev–Trinajstić information content (AvgIpc) is 3.19. The van der Waals surface area contributed by atoms with E-state index in [4.69, 9.17) is 18.9 Å². The van der Waals surface area contributed by atoms with Crippen molar-refractivity contribution in [3.63, 3.8) is 0 Å². The Morgan fingerprint density at radius 2 is 1.15 bits per heavy atom. The maximum atomic E-state index is 14.3. The number of likely N-dealkylation sites (N-methyl/N-ethyl adjacent to an activating group) is 1. The Morgan fingerprint density at radius 1 is 0.672 bits per heavy atom. The molecular formula is C47H72N6O8. The Kier molecular flexibility index (Phi) is 16.0. The minimum Gasteiger partial charge on any atom is -0.494 e. The van der Waals surface area contributed by atoms with Crippen LogP contribution in [0, 0.1) is 42.6 Å². The molecule has 4 N–H and O–H groups in total. The van der Waals surface area contributed by atoms with Gasteiger partial charge in [0.05, 0.1) is 66.4 Å². The van der Waals surface area contributed by atoms with Crippen molar-refractivity contribution in [2.24, 2.45) is 32.5 Å². The highest BCUT2D eigenvalue weighted by molar-refractivity contribution is 5.79. The minimum absolute atomic E-state index is 0.00155. The van der Waals surface area contributed by atoms with E-state index in [2.05, 4.69) is 103 Å². The summed E-state index contributed by atoms with van der Waals surface area (Å²) in [6, 6.07) is 17.5. The lowest BCUT2D eigenvalue weighted by atomic mass is 9.47. The third kappa shape index (κ3) is 11.7. The van der Waals surface area contributed by atoms with E-state index >= 15 is 0 Å². The van der Waals surface area contributed by atoms with Crippen LogP contribution in [0.1, 0.15) is 103 Å². The number of carbonyl (C=O) groups excluding carboxylic acids is 2. The van der Waals surface area contributed by atoms with Crippen molar-refractivity contribution in [2.75, 3.05) is 67.6 Å². The molecule has 61 heavy (non-hydrogen) atoms. The second kappa shape index (κ2) is 19.5. The number of anilines is 5. The molecule has 3 rings (SSSR count). The Balaban J connectivity index is 1.69. The number of hydrogen-bond acceptors (Lipinski definition) is 13. The number of non-ortho nitro benzene ring substituents is 1. The summed E-state index contributed by atoms with van der Waals surface area (Å²) in [5.74, 6) is 0.554. The number of esters is 2. The molecule has 14 heteroatoms. The lowest BCUT2D eigenvalue weighted by molar-refractivity contribution is -0.384. The molecule has 3 aromatic rings. The van der Waals surface area contributed by atoms with Gasteiger partial charge < -0.3 is 34.7 Å². The zero-order valence-electron chi connectivity index (χ0n) is 39.5. The van der Waals surface area contributed by atoms with E-state index in [1.54, 1.807) is 38.5 Å². The summed E-state index contributed by atoms with van der Waals surface area (Å²) in [4.78, 5) is 40.5. The van der Waals surface area contributed by atoms with Crippen molar-refractivity contribution in [3.05, 3.63) is 70.8 Å². The number of methoxy groups -OCH3 is 3. The third-order valence-electron chi connectivity index (χ3n) is 13.0. The summed E-state index contributed by atoms with van der Waals surface area (Å²) in [7, 11) is 4.57. The van der Waals surface area contributed by atoms with E-state index in [0.717, 1.165) is 11.4 Å². The van der Waals surface area contributed by atoms with Crippen molar-refractivity contribution in [1.29, 1.82) is 0 Å². The Morgan fingerprint density at radius 3 is 1.54 bits per heavy atom. The van der Waals surface area contributed by atoms with Gasteiger partial charge in [-0.15, -0.1) is 0 Å². The first-order chi connectivity index (χ1) is 28.2. The SMILES string of the molecule is CCN(CCOC(=O)C(C)(CC(C)(C)C(C)(C)C(C)(CC(C)(C)C)C(=O)OC)C(C)(C)C)c1ccc(NNc2cc(OC)c(NNc3ccc([N+](=O)[O-])cc3)cc2OC)cc1. The molecule has 0 aliphatic heterocycles. The molecular weight excluding hydrogens is 777 g/mol. The summed E-state index contributed by atoms with van der Waals surface area (Å²) in [5.41, 5.74) is 12.9. The average molecular weight is 849 g/mol. The highest BCUT2D eigenvalue weighted by Gasteiger charge is 2.60. The monoisotopic (exact) mass is 849 g/mol. The lowest BCUT2D eigenvalue weighted by Gasteiger charge is -2.56. The van der Waals surface area contributed by atoms with Crippen LogP contribution in [-0.2, 0) is 19.1 Å². The van der Waals surface area contributed by atoms with Crippen molar-refractivity contribution in [1.82, 2.24) is 0 Å². The summed E-state index contributed by atoms with van der Waals surface area (Å²) in [5, 5.41) is 11.0. The molecule has 0 aromatic heterocycles. The number of nitro groups is 1. The second-order valence-corrected chi connectivity index (χ2v) is 19.6. The molecule has 0 amide bonds. The van der Waals surface area contributed by atoms with Crippen LogP contribution in [0.5, 0.6) is 11.5 Å². The first-order valence-electron chi connectivity index (χ1n) is 20.9. The minimum atomic E-state index is -0.861. The number of hydrogen-bond donors (Lipinski definition) is 4. The zero-order valence-corrected chi connectivity index (χ0v) is 39.5. The zero-order chi connectivity index (χ0) is 46.2. The molecule has 0 radical (unpaired) electrons. The second-order valence-electron chi connectivity index (χ2n) is 19.6. The van der Waals surface area contributed by atoms with Gasteiger partial charge >= 0.3 is 11.9 Å². The van der Waals surface area contributed by atoms with Gasteiger partial charge in [-0.3, -0.25) is 30.6 Å². The predicted molar refractivity (Wildman–Crippen MR) is 246 cm³/mol. The predicted octanol–water partition coefficient (Wildman–Crippen LogP) is 11.0. The van der Waals surface area contributed by atoms with Gasteiger partial charge in [0.25, 0.3) is 5.69 Å². The number of nitrogens with one attached hydrogen (secondary N) is 4. The molecule has 0 fully saturated rings. The summed E-state index contributed by atoms with van der Waals surface area (Å²) >= 11 is 0. The highest BCUT2D eigenvalue weighted by Crippen LogP contribution is 2.61. The smallest absolute Gasteiger partial charge is 0.312 e. The van der Waals surface area contributed by atoms with Gasteiger partial charge in [-0.1, -0.05) is 69.2 Å². The molecule has 3 aromatic carbocycles. The summed E-state index contributed by atoms with van der Waals surface area (Å²) in [6.45, 7) is 28.8. The number of ether oxygens (including phenoxy) is 4. The van der Waals surface area contributed by atoms with E-state index < -0.39 is 32.0 Å². The molecule has 0 saturated heterocycles. The first kappa shape index (κ1) is 50.0. The molecule has 2 unspecified atom stereocenters. The standard InChI is InChI=1S/C47H72N6O8/c1-17-52(26-27-61-41(55)46(12,43(5,6)7)31-44(8,9)45(10,11)47(13,40(54)60-16)30-42(2,3)4)34-22-18-32(19-23-34)48-50-36-28-39(59-15)37(29-38(36)58-14)51-49-33-20-24-35(25-21-33)53(56)57/h18-25,28-29,48-51H,17,26-27,30-31H2,1-16H3. The number of carbonyl (C=O) groups is 2. The lowest BCUT2D eigenvalue weighted by Crippen LogP contribution is -2.55. The van der Waals surface area contributed by atoms with Gasteiger partial charge in [0.2, 0.25) is 0 Å². The van der Waals surface area contributed by atoms with Crippen molar-refractivity contribution >= 4 is 46.1 Å². The highest BCUT2D eigenvalue weighted by atomic mass is 16.6. The van der Waals surface area contributed by atoms with Crippen molar-refractivity contribution < 1.29 is 33.5 Å². The van der Waals surface area contributed by atoms with Crippen LogP contribution < -0.4 is 36.1 Å². The fraction of sp³-hybridized carbons (Fsp3) is 0.574. The third-order valence-corrected chi connectivity index (χ3v) is 13.0. The van der Waals surface area contributed by atoms with Crippen LogP contribution in [0.25, 0.3) is 0 Å². The fourth-order valence-corrected chi connectivity index (χ4v) is 8.00. The molecule has 0 saturated carbocycles. The van der Waals surface area contributed by atoms with Crippen LogP contribution in [-0.4, -0.2) is 57.9 Å². The van der Waals surface area contributed by atoms with E-state index in [-0.39, 0.29) is 29.6 Å². The summed E-state index contributed by atoms with van der Waals surface area (Å²) < 4.78 is 22.8. The Labute approximate surface area is 363 Å². The van der Waals surface area contributed by atoms with Crippen LogP contribution in [0.3, 0.4) is 0 Å². The Hall–Kier alpha value is -5.40. The number of hydrazine groups is 2. The quantitative estimate of drug-likeness (QED) is 0.0455. The molecule has 0 heterocycles. The fourth-order valence-electron chi connectivity index (χ4n) is 8.00. The van der Waals surface area contributed by atoms with Gasteiger partial charge in [0.1, 0.15) is 18.1 Å². The topological polar surface area (TPSA) is 166 Å². The molecule has 14 nitrogen and oxygen atoms in total. The van der Waals surface area contributed by atoms with E-state index in [1.807, 2.05) is 38.1 Å². The van der Waals surface area contributed by atoms with E-state index in [9.17, 15) is 19.7 Å². The van der Waals surface area contributed by atoms with Crippen LogP contribution in [0.4, 0.5) is 34.1 Å². The Bertz CT molecular complexity index is 1950. The molecule has 338 valence electrons. The van der Waals surface area contributed by atoms with Gasteiger partial charge in [-0.05, 0) is 91.7 Å². The first-order valence-corrected chi connectivity index (χ1v) is 20.9. The largest absolute Gasteiger partial charge is 0.494 e. The molecule has 0 aliphatic rings. The number of nitro benzene ring substituents is 1. The number of rotatable bonds is 21. The van der Waals surface area contributed by atoms with Crippen molar-refractivity contribution in [2.45, 2.75) is 103 Å². The molecule has 0 aliphatic carbocycles. The van der Waals surface area contributed by atoms with Gasteiger partial charge in [0, 0.05) is 36.5 Å². The van der Waals surface area contributed by atoms with Crippen molar-refractivity contribution in [3.8, 4) is 11.5 Å². The molecule has 2 atom stereocenters. The van der Waals surface area contributed by atoms with E-state index in [0.29, 0.717) is 54.5 Å². The number of nitrogens with zero attached hydrogens (tertiary/aromatic N) is 2. The molecule has 0 spiro atoms. The maximum absolute atomic E-state index is 14.3. The van der Waals surface area contributed by atoms with Crippen LogP contribution in [0.2, 0.25) is 0 Å². The van der Waals surface area contributed by atoms with Crippen LogP contribution >= 0.6 is 0 Å². The van der Waals surface area contributed by atoms with Gasteiger partial charge in [-0.2, -0.15) is 0 Å². The van der Waals surface area contributed by atoms with Crippen LogP contribution in [0.15, 0.2) is 60.7 Å². The van der Waals surface area contributed by atoms with E-state index in [1.165, 1.54) is 19.2 Å².